The zero-order valence-electron chi connectivity index (χ0n) is 9.07. The van der Waals surface area contributed by atoms with E-state index in [4.69, 9.17) is 10.1 Å². The lowest BCUT2D eigenvalue weighted by Crippen LogP contribution is -2.22. The van der Waals surface area contributed by atoms with Gasteiger partial charge >= 0.3 is 11.9 Å². The Hall–Kier alpha value is -1.65. The fourth-order valence-electron chi connectivity index (χ4n) is 0.875. The van der Waals surface area contributed by atoms with Crippen molar-refractivity contribution in [2.45, 2.75) is 13.8 Å². The summed E-state index contributed by atoms with van der Waals surface area (Å²) in [5.74, 6) is -1.92. The zero-order chi connectivity index (χ0) is 11.8. The molecule has 0 aromatic carbocycles. The third kappa shape index (κ3) is 4.95. The van der Waals surface area contributed by atoms with Gasteiger partial charge in [0.25, 0.3) is 0 Å². The van der Waals surface area contributed by atoms with Crippen molar-refractivity contribution in [1.82, 2.24) is 0 Å². The highest BCUT2D eigenvalue weighted by Crippen LogP contribution is 2.04. The van der Waals surface area contributed by atoms with Crippen LogP contribution in [0.5, 0.6) is 0 Å². The summed E-state index contributed by atoms with van der Waals surface area (Å²) < 4.78 is 9.12. The van der Waals surface area contributed by atoms with Gasteiger partial charge in [-0.25, -0.2) is 4.79 Å². The van der Waals surface area contributed by atoms with Gasteiger partial charge in [-0.2, -0.15) is 0 Å². The number of methoxy groups -OCH3 is 1. The van der Waals surface area contributed by atoms with Crippen LogP contribution in [0.15, 0.2) is 12.2 Å². The fraction of sp³-hybridized carbons (Fsp3) is 0.500. The van der Waals surface area contributed by atoms with Gasteiger partial charge in [0.2, 0.25) is 0 Å². The van der Waals surface area contributed by atoms with E-state index in [1.807, 2.05) is 0 Å². The Morgan fingerprint density at radius 2 is 2.07 bits per heavy atom. The minimum absolute atomic E-state index is 0.119. The van der Waals surface area contributed by atoms with Gasteiger partial charge in [0.05, 0.1) is 13.7 Å². The maximum absolute atomic E-state index is 11.3. The maximum Gasteiger partial charge on any atom is 0.330 e. The maximum atomic E-state index is 11.3. The molecule has 0 heterocycles. The largest absolute Gasteiger partial charge is 0.466 e. The first-order valence-corrected chi connectivity index (χ1v) is 4.50. The molecule has 1 atom stereocenters. The standard InChI is InChI=1S/C10H15NO4/c1-4-15-10(13)8(7(2)11)5-6-9(12)14-3/h5-6,8,11H,4H2,1-3H3. The average molecular weight is 213 g/mol. The first kappa shape index (κ1) is 13.4. The second-order valence-electron chi connectivity index (χ2n) is 2.80. The highest BCUT2D eigenvalue weighted by atomic mass is 16.5. The Morgan fingerprint density at radius 1 is 1.47 bits per heavy atom. The third-order valence-electron chi connectivity index (χ3n) is 1.63. The van der Waals surface area contributed by atoms with Gasteiger partial charge in [-0.1, -0.05) is 6.08 Å². The molecule has 0 fully saturated rings. The molecular weight excluding hydrogens is 198 g/mol. The Morgan fingerprint density at radius 3 is 2.47 bits per heavy atom. The quantitative estimate of drug-likeness (QED) is 0.419. The number of carbonyl (C=O) groups is 2. The number of nitrogens with one attached hydrogen (secondary N) is 1. The zero-order valence-corrected chi connectivity index (χ0v) is 9.07. The summed E-state index contributed by atoms with van der Waals surface area (Å²) in [6, 6.07) is 0. The van der Waals surface area contributed by atoms with Crippen LogP contribution in [0.1, 0.15) is 13.8 Å². The molecule has 0 rings (SSSR count). The van der Waals surface area contributed by atoms with Crippen molar-refractivity contribution in [3.63, 3.8) is 0 Å². The summed E-state index contributed by atoms with van der Waals surface area (Å²) in [4.78, 5) is 22.1. The van der Waals surface area contributed by atoms with Crippen molar-refractivity contribution in [2.75, 3.05) is 13.7 Å². The van der Waals surface area contributed by atoms with Crippen molar-refractivity contribution in [1.29, 1.82) is 5.41 Å². The number of hydrogen-bond acceptors (Lipinski definition) is 5. The minimum atomic E-state index is -0.816. The molecule has 0 aliphatic rings. The van der Waals surface area contributed by atoms with E-state index in [1.165, 1.54) is 20.1 Å². The topological polar surface area (TPSA) is 76.5 Å². The average Bonchev–Trinajstić information content (AvgIpc) is 2.17. The molecule has 15 heavy (non-hydrogen) atoms. The summed E-state index contributed by atoms with van der Waals surface area (Å²) in [5.41, 5.74) is 0.119. The number of ether oxygens (including phenoxy) is 2. The first-order chi connectivity index (χ1) is 7.02. The van der Waals surface area contributed by atoms with E-state index in [1.54, 1.807) is 6.92 Å². The van der Waals surface area contributed by atoms with Gasteiger partial charge in [-0.05, 0) is 13.8 Å². The predicted molar refractivity (Wildman–Crippen MR) is 54.7 cm³/mol. The molecule has 5 nitrogen and oxygen atoms in total. The summed E-state index contributed by atoms with van der Waals surface area (Å²) >= 11 is 0. The Bertz CT molecular complexity index is 283. The molecule has 5 heteroatoms. The SMILES string of the molecule is CCOC(=O)C(C=CC(=O)OC)C(C)=N. The number of rotatable bonds is 5. The lowest BCUT2D eigenvalue weighted by atomic mass is 10.0. The van der Waals surface area contributed by atoms with Crippen LogP contribution >= 0.6 is 0 Å². The van der Waals surface area contributed by atoms with E-state index < -0.39 is 17.9 Å². The molecular formula is C10H15NO4. The second kappa shape index (κ2) is 6.75. The van der Waals surface area contributed by atoms with Crippen LogP contribution in [0.25, 0.3) is 0 Å². The molecule has 1 unspecified atom stereocenters. The first-order valence-electron chi connectivity index (χ1n) is 4.50. The smallest absolute Gasteiger partial charge is 0.330 e. The molecule has 0 amide bonds. The van der Waals surface area contributed by atoms with Crippen molar-refractivity contribution in [3.05, 3.63) is 12.2 Å². The highest BCUT2D eigenvalue weighted by Gasteiger charge is 2.18. The molecule has 0 radical (unpaired) electrons. The van der Waals surface area contributed by atoms with E-state index in [0.29, 0.717) is 0 Å². The van der Waals surface area contributed by atoms with E-state index in [0.717, 1.165) is 6.08 Å². The van der Waals surface area contributed by atoms with Gasteiger partial charge in [-0.15, -0.1) is 0 Å². The van der Waals surface area contributed by atoms with Crippen LogP contribution in [0.4, 0.5) is 0 Å². The van der Waals surface area contributed by atoms with E-state index in [9.17, 15) is 9.59 Å². The van der Waals surface area contributed by atoms with Crippen molar-refractivity contribution < 1.29 is 19.1 Å². The summed E-state index contributed by atoms with van der Waals surface area (Å²) in [7, 11) is 1.24. The Kier molecular flexibility index (Phi) is 6.01. The van der Waals surface area contributed by atoms with Crippen LogP contribution in [0, 0.1) is 11.3 Å². The van der Waals surface area contributed by atoms with Crippen LogP contribution in [-0.2, 0) is 19.1 Å². The summed E-state index contributed by atoms with van der Waals surface area (Å²) in [6.45, 7) is 3.40. The van der Waals surface area contributed by atoms with Gasteiger partial charge < -0.3 is 14.9 Å². The Balaban J connectivity index is 4.54. The third-order valence-corrected chi connectivity index (χ3v) is 1.63. The van der Waals surface area contributed by atoms with Crippen molar-refractivity contribution >= 4 is 17.7 Å². The number of carbonyl (C=O) groups excluding carboxylic acids is 2. The van der Waals surface area contributed by atoms with Crippen LogP contribution < -0.4 is 0 Å². The monoisotopic (exact) mass is 213 g/mol. The van der Waals surface area contributed by atoms with Gasteiger partial charge in [0, 0.05) is 11.8 Å². The molecule has 0 aromatic rings. The van der Waals surface area contributed by atoms with Gasteiger partial charge in [-0.3, -0.25) is 4.79 Å². The number of hydrogen-bond donors (Lipinski definition) is 1. The molecule has 0 aliphatic heterocycles. The summed E-state index contributed by atoms with van der Waals surface area (Å²) in [5, 5.41) is 7.36. The van der Waals surface area contributed by atoms with Crippen molar-refractivity contribution in [2.24, 2.45) is 5.92 Å². The lowest BCUT2D eigenvalue weighted by molar-refractivity contribution is -0.144. The molecule has 0 saturated carbocycles. The molecule has 0 aliphatic carbocycles. The molecule has 0 aromatic heterocycles. The van der Waals surface area contributed by atoms with Gasteiger partial charge in [0.15, 0.2) is 0 Å². The van der Waals surface area contributed by atoms with E-state index in [2.05, 4.69) is 4.74 Å². The molecule has 84 valence electrons. The van der Waals surface area contributed by atoms with Crippen molar-refractivity contribution in [3.8, 4) is 0 Å². The molecule has 0 saturated heterocycles. The molecule has 0 bridgehead atoms. The van der Waals surface area contributed by atoms with Crippen LogP contribution in [0.2, 0.25) is 0 Å². The van der Waals surface area contributed by atoms with Crippen LogP contribution in [0.3, 0.4) is 0 Å². The van der Waals surface area contributed by atoms with Crippen LogP contribution in [-0.4, -0.2) is 31.4 Å². The highest BCUT2D eigenvalue weighted by molar-refractivity contribution is 6.02. The minimum Gasteiger partial charge on any atom is -0.466 e. The Labute approximate surface area is 88.6 Å². The second-order valence-corrected chi connectivity index (χ2v) is 2.80. The molecule has 1 N–H and O–H groups in total. The fourth-order valence-corrected chi connectivity index (χ4v) is 0.875. The predicted octanol–water partition coefficient (Wildman–Crippen LogP) is 0.935. The van der Waals surface area contributed by atoms with E-state index in [-0.39, 0.29) is 12.3 Å². The van der Waals surface area contributed by atoms with Gasteiger partial charge in [0.1, 0.15) is 5.92 Å². The summed E-state index contributed by atoms with van der Waals surface area (Å²) in [6.07, 6.45) is 2.41. The normalized spacial score (nSPS) is 12.2. The number of esters is 2. The molecule has 0 spiro atoms. The van der Waals surface area contributed by atoms with E-state index >= 15 is 0 Å². The lowest BCUT2D eigenvalue weighted by Gasteiger charge is -2.09.